The van der Waals surface area contributed by atoms with E-state index < -0.39 is 0 Å². The van der Waals surface area contributed by atoms with Crippen molar-refractivity contribution in [1.82, 2.24) is 15.0 Å². The standard InChI is InChI=1S/C19H12Cl2N4/c20-12-4-5-16(21)14(9-12)18-13(2-1-7-23-18)11-3-6-17-15(8-11)19(22)25-10-24-17/h1-10H,(H2,22,24,25). The number of pyridine rings is 1. The van der Waals surface area contributed by atoms with Crippen molar-refractivity contribution >= 4 is 39.9 Å². The van der Waals surface area contributed by atoms with E-state index in [0.29, 0.717) is 15.9 Å². The van der Waals surface area contributed by atoms with Crippen LogP contribution in [-0.4, -0.2) is 15.0 Å². The molecule has 0 unspecified atom stereocenters. The van der Waals surface area contributed by atoms with E-state index >= 15 is 0 Å². The molecule has 0 atom stereocenters. The normalized spacial score (nSPS) is 11.0. The summed E-state index contributed by atoms with van der Waals surface area (Å²) in [6.07, 6.45) is 3.19. The zero-order valence-electron chi connectivity index (χ0n) is 12.9. The predicted octanol–water partition coefficient (Wildman–Crippen LogP) is 5.25. The van der Waals surface area contributed by atoms with Crippen LogP contribution in [-0.2, 0) is 0 Å². The van der Waals surface area contributed by atoms with Gasteiger partial charge >= 0.3 is 0 Å². The van der Waals surface area contributed by atoms with Crippen LogP contribution in [0.25, 0.3) is 33.3 Å². The maximum atomic E-state index is 6.37. The summed E-state index contributed by atoms with van der Waals surface area (Å²) in [4.78, 5) is 12.8. The molecule has 4 nitrogen and oxygen atoms in total. The van der Waals surface area contributed by atoms with Gasteiger partial charge in [-0.2, -0.15) is 0 Å². The van der Waals surface area contributed by atoms with E-state index in [4.69, 9.17) is 28.9 Å². The van der Waals surface area contributed by atoms with Crippen LogP contribution in [0.15, 0.2) is 61.1 Å². The molecule has 0 aliphatic heterocycles. The second kappa shape index (κ2) is 6.31. The summed E-state index contributed by atoms with van der Waals surface area (Å²) < 4.78 is 0. The smallest absolute Gasteiger partial charge is 0.134 e. The zero-order chi connectivity index (χ0) is 17.4. The van der Waals surface area contributed by atoms with Gasteiger partial charge in [0, 0.05) is 27.7 Å². The van der Waals surface area contributed by atoms with Gasteiger partial charge in [0.05, 0.1) is 16.2 Å². The number of hydrogen-bond donors (Lipinski definition) is 1. The Morgan fingerprint density at radius 1 is 0.840 bits per heavy atom. The summed E-state index contributed by atoms with van der Waals surface area (Å²) in [5.74, 6) is 0.443. The van der Waals surface area contributed by atoms with Crippen LogP contribution in [0.4, 0.5) is 5.82 Å². The third kappa shape index (κ3) is 2.90. The minimum Gasteiger partial charge on any atom is -0.383 e. The Balaban J connectivity index is 1.96. The van der Waals surface area contributed by atoms with Gasteiger partial charge in [-0.1, -0.05) is 35.3 Å². The molecule has 25 heavy (non-hydrogen) atoms. The monoisotopic (exact) mass is 366 g/mol. The fourth-order valence-corrected chi connectivity index (χ4v) is 3.16. The van der Waals surface area contributed by atoms with Crippen molar-refractivity contribution in [3.63, 3.8) is 0 Å². The van der Waals surface area contributed by atoms with Gasteiger partial charge in [-0.15, -0.1) is 0 Å². The molecule has 4 aromatic rings. The molecule has 2 aromatic heterocycles. The molecule has 0 saturated carbocycles. The summed E-state index contributed by atoms with van der Waals surface area (Å²) >= 11 is 12.5. The Hall–Kier alpha value is -2.69. The Morgan fingerprint density at radius 3 is 2.60 bits per heavy atom. The van der Waals surface area contributed by atoms with E-state index in [1.54, 1.807) is 18.3 Å². The summed E-state index contributed by atoms with van der Waals surface area (Å²) in [5, 5.41) is 1.99. The number of nitrogen functional groups attached to an aromatic ring is 1. The Kier molecular flexibility index (Phi) is 3.99. The summed E-state index contributed by atoms with van der Waals surface area (Å²) in [5.41, 5.74) is 10.2. The topological polar surface area (TPSA) is 64.7 Å². The quantitative estimate of drug-likeness (QED) is 0.526. The number of anilines is 1. The third-order valence-electron chi connectivity index (χ3n) is 3.97. The number of halogens is 2. The Bertz CT molecular complexity index is 1100. The highest BCUT2D eigenvalue weighted by molar-refractivity contribution is 6.35. The maximum absolute atomic E-state index is 6.37. The van der Waals surface area contributed by atoms with Gasteiger partial charge in [0.2, 0.25) is 0 Å². The highest BCUT2D eigenvalue weighted by atomic mass is 35.5. The lowest BCUT2D eigenvalue weighted by molar-refractivity contribution is 1.23. The van der Waals surface area contributed by atoms with Gasteiger partial charge in [0.25, 0.3) is 0 Å². The minimum absolute atomic E-state index is 0.443. The maximum Gasteiger partial charge on any atom is 0.134 e. The zero-order valence-corrected chi connectivity index (χ0v) is 14.5. The first-order valence-corrected chi connectivity index (χ1v) is 8.30. The van der Waals surface area contributed by atoms with Gasteiger partial charge < -0.3 is 5.73 Å². The highest BCUT2D eigenvalue weighted by Gasteiger charge is 2.13. The van der Waals surface area contributed by atoms with Crippen molar-refractivity contribution < 1.29 is 0 Å². The lowest BCUT2D eigenvalue weighted by atomic mass is 9.98. The first-order valence-electron chi connectivity index (χ1n) is 7.54. The van der Waals surface area contributed by atoms with Crippen LogP contribution in [0.3, 0.4) is 0 Å². The first-order chi connectivity index (χ1) is 12.1. The molecule has 0 spiro atoms. The molecule has 0 saturated heterocycles. The van der Waals surface area contributed by atoms with Crippen LogP contribution >= 0.6 is 23.2 Å². The van der Waals surface area contributed by atoms with Crippen molar-refractivity contribution in [2.45, 2.75) is 0 Å². The molecule has 0 aliphatic carbocycles. The molecule has 0 radical (unpaired) electrons. The first kappa shape index (κ1) is 15.8. The minimum atomic E-state index is 0.443. The van der Waals surface area contributed by atoms with E-state index in [2.05, 4.69) is 15.0 Å². The van der Waals surface area contributed by atoms with Gasteiger partial charge in [0.1, 0.15) is 12.1 Å². The second-order valence-electron chi connectivity index (χ2n) is 5.51. The Morgan fingerprint density at radius 2 is 1.72 bits per heavy atom. The summed E-state index contributed by atoms with van der Waals surface area (Å²) in [6.45, 7) is 0. The number of rotatable bonds is 2. The van der Waals surface area contributed by atoms with Crippen LogP contribution in [0.1, 0.15) is 0 Å². The van der Waals surface area contributed by atoms with Crippen LogP contribution in [0.5, 0.6) is 0 Å². The number of nitrogens with zero attached hydrogens (tertiary/aromatic N) is 3. The fraction of sp³-hybridized carbons (Fsp3) is 0. The Labute approximate surface area is 154 Å². The molecule has 0 bridgehead atoms. The van der Waals surface area contributed by atoms with E-state index in [-0.39, 0.29) is 0 Å². The lowest BCUT2D eigenvalue weighted by Crippen LogP contribution is -1.94. The van der Waals surface area contributed by atoms with E-state index in [0.717, 1.165) is 33.3 Å². The van der Waals surface area contributed by atoms with Crippen molar-refractivity contribution in [1.29, 1.82) is 0 Å². The average Bonchev–Trinajstić information content (AvgIpc) is 2.64. The predicted molar refractivity (Wildman–Crippen MR) is 103 cm³/mol. The molecule has 2 heterocycles. The summed E-state index contributed by atoms with van der Waals surface area (Å²) in [6, 6.07) is 15.1. The number of fused-ring (bicyclic) bond motifs is 1. The molecule has 0 fully saturated rings. The number of hydrogen-bond acceptors (Lipinski definition) is 4. The lowest BCUT2D eigenvalue weighted by Gasteiger charge is -2.11. The van der Waals surface area contributed by atoms with Crippen LogP contribution < -0.4 is 5.73 Å². The van der Waals surface area contributed by atoms with Crippen molar-refractivity contribution in [3.05, 3.63) is 71.1 Å². The number of nitrogens with two attached hydrogens (primary N) is 1. The molecule has 2 N–H and O–H groups in total. The van der Waals surface area contributed by atoms with Crippen LogP contribution in [0.2, 0.25) is 10.0 Å². The fourth-order valence-electron chi connectivity index (χ4n) is 2.78. The van der Waals surface area contributed by atoms with Gasteiger partial charge in [0.15, 0.2) is 0 Å². The van der Waals surface area contributed by atoms with Gasteiger partial charge in [-0.3, -0.25) is 4.98 Å². The molecular weight excluding hydrogens is 355 g/mol. The molecule has 2 aromatic carbocycles. The van der Waals surface area contributed by atoms with E-state index in [1.807, 2.05) is 36.4 Å². The largest absolute Gasteiger partial charge is 0.383 e. The molecule has 0 amide bonds. The molecule has 0 aliphatic rings. The van der Waals surface area contributed by atoms with E-state index in [1.165, 1.54) is 6.33 Å². The van der Waals surface area contributed by atoms with Crippen molar-refractivity contribution in [2.24, 2.45) is 0 Å². The highest BCUT2D eigenvalue weighted by Crippen LogP contribution is 2.36. The molecule has 122 valence electrons. The molecule has 4 rings (SSSR count). The molecule has 6 heteroatoms. The number of aromatic nitrogens is 3. The van der Waals surface area contributed by atoms with Gasteiger partial charge in [-0.25, -0.2) is 9.97 Å². The third-order valence-corrected chi connectivity index (χ3v) is 4.53. The summed E-state index contributed by atoms with van der Waals surface area (Å²) in [7, 11) is 0. The van der Waals surface area contributed by atoms with Crippen molar-refractivity contribution in [3.8, 4) is 22.4 Å². The second-order valence-corrected chi connectivity index (χ2v) is 6.36. The average molecular weight is 367 g/mol. The molecular formula is C19H12Cl2N4. The van der Waals surface area contributed by atoms with Crippen molar-refractivity contribution in [2.75, 3.05) is 5.73 Å². The van der Waals surface area contributed by atoms with Gasteiger partial charge in [-0.05, 0) is 42.0 Å². The van der Waals surface area contributed by atoms with E-state index in [9.17, 15) is 0 Å². The van der Waals surface area contributed by atoms with Crippen LogP contribution in [0, 0.1) is 0 Å². The SMILES string of the molecule is Nc1ncnc2ccc(-c3cccnc3-c3cc(Cl)ccc3Cl)cc12. The number of benzene rings is 2.